The first-order valence-corrected chi connectivity index (χ1v) is 8.78. The van der Waals surface area contributed by atoms with Crippen LogP contribution < -0.4 is 5.32 Å². The number of carbonyl (C=O) groups excluding carboxylic acids is 2. The summed E-state index contributed by atoms with van der Waals surface area (Å²) in [5.74, 6) is -0.311. The molecule has 1 atom stereocenters. The Morgan fingerprint density at radius 2 is 1.96 bits per heavy atom. The molecule has 2 heterocycles. The van der Waals surface area contributed by atoms with E-state index in [1.807, 2.05) is 12.1 Å². The Morgan fingerprint density at radius 3 is 2.73 bits per heavy atom. The molecule has 2 aromatic rings. The molecule has 5 nitrogen and oxygen atoms in total. The van der Waals surface area contributed by atoms with Gasteiger partial charge in [0.05, 0.1) is 6.42 Å². The van der Waals surface area contributed by atoms with E-state index in [1.165, 1.54) is 6.07 Å². The number of benzene rings is 1. The van der Waals surface area contributed by atoms with Gasteiger partial charge in [-0.3, -0.25) is 14.6 Å². The van der Waals surface area contributed by atoms with E-state index >= 15 is 0 Å². The third kappa shape index (κ3) is 4.88. The van der Waals surface area contributed by atoms with Crippen molar-refractivity contribution in [1.29, 1.82) is 0 Å². The van der Waals surface area contributed by atoms with Crippen LogP contribution in [-0.4, -0.2) is 34.8 Å². The summed E-state index contributed by atoms with van der Waals surface area (Å²) in [5, 5.41) is 2.90. The highest BCUT2D eigenvalue weighted by molar-refractivity contribution is 5.79. The summed E-state index contributed by atoms with van der Waals surface area (Å²) in [4.78, 5) is 30.1. The SMILES string of the molecule is O=C(CC1CCN(C(=O)Cc2ccccc2F)C1)NCc1ccncc1. The van der Waals surface area contributed by atoms with E-state index in [9.17, 15) is 14.0 Å². The maximum atomic E-state index is 13.7. The van der Waals surface area contributed by atoms with Crippen LogP contribution in [0.2, 0.25) is 0 Å². The summed E-state index contributed by atoms with van der Waals surface area (Å²) in [7, 11) is 0. The van der Waals surface area contributed by atoms with Crippen LogP contribution in [0.3, 0.4) is 0 Å². The van der Waals surface area contributed by atoms with Crippen molar-refractivity contribution >= 4 is 11.8 Å². The molecule has 1 unspecified atom stereocenters. The number of hydrogen-bond acceptors (Lipinski definition) is 3. The van der Waals surface area contributed by atoms with Crippen molar-refractivity contribution in [3.8, 4) is 0 Å². The van der Waals surface area contributed by atoms with Gasteiger partial charge in [0.15, 0.2) is 0 Å². The van der Waals surface area contributed by atoms with Gasteiger partial charge in [-0.2, -0.15) is 0 Å². The molecule has 1 aliphatic rings. The highest BCUT2D eigenvalue weighted by Gasteiger charge is 2.28. The summed E-state index contributed by atoms with van der Waals surface area (Å²) in [6.07, 6.45) is 4.64. The molecule has 0 bridgehead atoms. The topological polar surface area (TPSA) is 62.3 Å². The molecule has 3 rings (SSSR count). The number of amides is 2. The van der Waals surface area contributed by atoms with Crippen molar-refractivity contribution in [2.24, 2.45) is 5.92 Å². The molecule has 0 aliphatic carbocycles. The Kier molecular flexibility index (Phi) is 5.94. The number of nitrogens with zero attached hydrogens (tertiary/aromatic N) is 2. The van der Waals surface area contributed by atoms with Crippen LogP contribution in [0.5, 0.6) is 0 Å². The molecular formula is C20H22FN3O2. The highest BCUT2D eigenvalue weighted by atomic mass is 19.1. The molecule has 136 valence electrons. The van der Waals surface area contributed by atoms with Gasteiger partial charge in [0.2, 0.25) is 11.8 Å². The number of aromatic nitrogens is 1. The molecule has 1 fully saturated rings. The second-order valence-electron chi connectivity index (χ2n) is 6.60. The summed E-state index contributed by atoms with van der Waals surface area (Å²) < 4.78 is 13.7. The zero-order valence-corrected chi connectivity index (χ0v) is 14.5. The molecule has 0 saturated carbocycles. The van der Waals surface area contributed by atoms with Gasteiger partial charge in [-0.1, -0.05) is 18.2 Å². The summed E-state index contributed by atoms with van der Waals surface area (Å²) in [6.45, 7) is 1.65. The van der Waals surface area contributed by atoms with Gasteiger partial charge < -0.3 is 10.2 Å². The van der Waals surface area contributed by atoms with Crippen molar-refractivity contribution < 1.29 is 14.0 Å². The highest BCUT2D eigenvalue weighted by Crippen LogP contribution is 2.21. The number of nitrogens with one attached hydrogen (secondary N) is 1. The molecular weight excluding hydrogens is 333 g/mol. The van der Waals surface area contributed by atoms with E-state index < -0.39 is 0 Å². The van der Waals surface area contributed by atoms with Crippen LogP contribution >= 0.6 is 0 Å². The maximum Gasteiger partial charge on any atom is 0.227 e. The van der Waals surface area contributed by atoms with Gasteiger partial charge >= 0.3 is 0 Å². The predicted octanol–water partition coefficient (Wildman–Crippen LogP) is 2.32. The molecule has 0 spiro atoms. The van der Waals surface area contributed by atoms with Gasteiger partial charge in [-0.05, 0) is 41.7 Å². The summed E-state index contributed by atoms with van der Waals surface area (Å²) in [5.41, 5.74) is 1.41. The second kappa shape index (κ2) is 8.56. The first kappa shape index (κ1) is 18.0. The van der Waals surface area contributed by atoms with Crippen molar-refractivity contribution in [2.45, 2.75) is 25.8 Å². The van der Waals surface area contributed by atoms with Gasteiger partial charge in [0.25, 0.3) is 0 Å². The van der Waals surface area contributed by atoms with E-state index in [0.717, 1.165) is 12.0 Å². The number of rotatable bonds is 6. The molecule has 1 saturated heterocycles. The Hall–Kier alpha value is -2.76. The normalized spacial score (nSPS) is 16.5. The fraction of sp³-hybridized carbons (Fsp3) is 0.350. The van der Waals surface area contributed by atoms with Crippen molar-refractivity contribution in [3.63, 3.8) is 0 Å². The van der Waals surface area contributed by atoms with Crippen LogP contribution in [0.4, 0.5) is 4.39 Å². The van der Waals surface area contributed by atoms with Crippen LogP contribution in [0.15, 0.2) is 48.8 Å². The van der Waals surface area contributed by atoms with Crippen LogP contribution in [-0.2, 0) is 22.6 Å². The monoisotopic (exact) mass is 355 g/mol. The number of pyridine rings is 1. The van der Waals surface area contributed by atoms with E-state index in [1.54, 1.807) is 35.5 Å². The molecule has 1 aromatic heterocycles. The largest absolute Gasteiger partial charge is 0.352 e. The predicted molar refractivity (Wildman–Crippen MR) is 95.5 cm³/mol. The third-order valence-electron chi connectivity index (χ3n) is 4.65. The lowest BCUT2D eigenvalue weighted by atomic mass is 10.0. The average molecular weight is 355 g/mol. The average Bonchev–Trinajstić information content (AvgIpc) is 3.11. The smallest absolute Gasteiger partial charge is 0.227 e. The minimum Gasteiger partial charge on any atom is -0.352 e. The van der Waals surface area contributed by atoms with Crippen molar-refractivity contribution in [3.05, 3.63) is 65.7 Å². The molecule has 1 aliphatic heterocycles. The Labute approximate surface area is 152 Å². The number of halogens is 1. The van der Waals surface area contributed by atoms with Crippen LogP contribution in [0.1, 0.15) is 24.0 Å². The standard InChI is InChI=1S/C20H22FN3O2/c21-18-4-2-1-3-17(18)12-20(26)24-10-7-16(14-24)11-19(25)23-13-15-5-8-22-9-6-15/h1-6,8-9,16H,7,10-14H2,(H,23,25). The fourth-order valence-electron chi connectivity index (χ4n) is 3.18. The summed E-state index contributed by atoms with van der Waals surface area (Å²) >= 11 is 0. The zero-order valence-electron chi connectivity index (χ0n) is 14.5. The quantitative estimate of drug-likeness (QED) is 0.865. The number of hydrogen-bond donors (Lipinski definition) is 1. The molecule has 1 aromatic carbocycles. The van der Waals surface area contributed by atoms with Gasteiger partial charge in [0.1, 0.15) is 5.82 Å². The lowest BCUT2D eigenvalue weighted by Crippen LogP contribution is -2.31. The van der Waals surface area contributed by atoms with Gasteiger partial charge in [-0.15, -0.1) is 0 Å². The fourth-order valence-corrected chi connectivity index (χ4v) is 3.18. The van der Waals surface area contributed by atoms with E-state index in [-0.39, 0.29) is 30.0 Å². The third-order valence-corrected chi connectivity index (χ3v) is 4.65. The molecule has 0 radical (unpaired) electrons. The minimum absolute atomic E-state index is 0.0183. The van der Waals surface area contributed by atoms with Crippen LogP contribution in [0, 0.1) is 11.7 Å². The Balaban J connectivity index is 1.44. The van der Waals surface area contributed by atoms with Gasteiger partial charge in [-0.25, -0.2) is 4.39 Å². The lowest BCUT2D eigenvalue weighted by molar-refractivity contribution is -0.130. The van der Waals surface area contributed by atoms with Gasteiger partial charge in [0, 0.05) is 38.4 Å². The van der Waals surface area contributed by atoms with E-state index in [2.05, 4.69) is 10.3 Å². The zero-order chi connectivity index (χ0) is 18.4. The molecule has 6 heteroatoms. The molecule has 2 amide bonds. The van der Waals surface area contributed by atoms with Crippen molar-refractivity contribution in [2.75, 3.05) is 13.1 Å². The maximum absolute atomic E-state index is 13.7. The molecule has 1 N–H and O–H groups in total. The summed E-state index contributed by atoms with van der Waals surface area (Å²) in [6, 6.07) is 10.1. The van der Waals surface area contributed by atoms with E-state index in [4.69, 9.17) is 0 Å². The Bertz CT molecular complexity index is 767. The van der Waals surface area contributed by atoms with E-state index in [0.29, 0.717) is 31.6 Å². The number of carbonyl (C=O) groups is 2. The first-order chi connectivity index (χ1) is 12.6. The Morgan fingerprint density at radius 1 is 1.19 bits per heavy atom. The van der Waals surface area contributed by atoms with Crippen molar-refractivity contribution in [1.82, 2.24) is 15.2 Å². The minimum atomic E-state index is -0.355. The lowest BCUT2D eigenvalue weighted by Gasteiger charge is -2.17. The van der Waals surface area contributed by atoms with Crippen LogP contribution in [0.25, 0.3) is 0 Å². The second-order valence-corrected chi connectivity index (χ2v) is 6.60. The number of likely N-dealkylation sites (tertiary alicyclic amines) is 1. The molecule has 26 heavy (non-hydrogen) atoms. The first-order valence-electron chi connectivity index (χ1n) is 8.78.